The van der Waals surface area contributed by atoms with Crippen molar-refractivity contribution in [3.63, 3.8) is 0 Å². The third-order valence-electron chi connectivity index (χ3n) is 4.61. The SMILES string of the molecule is Cc1ccc(CCC(=O)N(Cc2ccc(Cl)cc2)[C@H](C)C(=O)NC(C)C)cc1. The summed E-state index contributed by atoms with van der Waals surface area (Å²) in [7, 11) is 0. The molecule has 2 aromatic carbocycles. The van der Waals surface area contributed by atoms with Crippen molar-refractivity contribution in [2.24, 2.45) is 0 Å². The molecule has 5 heteroatoms. The fourth-order valence-corrected chi connectivity index (χ4v) is 3.05. The van der Waals surface area contributed by atoms with E-state index in [2.05, 4.69) is 5.32 Å². The number of hydrogen-bond acceptors (Lipinski definition) is 2. The molecule has 2 aromatic rings. The Morgan fingerprint density at radius 2 is 1.54 bits per heavy atom. The number of aryl methyl sites for hydroxylation is 2. The predicted molar refractivity (Wildman–Crippen MR) is 114 cm³/mol. The first kappa shape index (κ1) is 22.0. The van der Waals surface area contributed by atoms with Crippen LogP contribution in [0.25, 0.3) is 0 Å². The minimum atomic E-state index is -0.552. The molecule has 0 spiro atoms. The molecule has 0 aliphatic carbocycles. The van der Waals surface area contributed by atoms with Gasteiger partial charge in [-0.15, -0.1) is 0 Å². The molecule has 0 bridgehead atoms. The Morgan fingerprint density at radius 1 is 0.964 bits per heavy atom. The van der Waals surface area contributed by atoms with Crippen LogP contribution in [-0.2, 0) is 22.6 Å². The van der Waals surface area contributed by atoms with Gasteiger partial charge < -0.3 is 10.2 Å². The Labute approximate surface area is 172 Å². The molecule has 0 unspecified atom stereocenters. The second kappa shape index (κ2) is 10.3. The van der Waals surface area contributed by atoms with Gasteiger partial charge in [-0.1, -0.05) is 53.6 Å². The Bertz CT molecular complexity index is 785. The second-order valence-corrected chi connectivity index (χ2v) is 7.91. The van der Waals surface area contributed by atoms with Gasteiger partial charge in [0.05, 0.1) is 0 Å². The van der Waals surface area contributed by atoms with Crippen LogP contribution in [0.15, 0.2) is 48.5 Å². The molecule has 0 fully saturated rings. The first-order valence-electron chi connectivity index (χ1n) is 9.66. The van der Waals surface area contributed by atoms with Gasteiger partial charge in [-0.05, 0) is 57.4 Å². The second-order valence-electron chi connectivity index (χ2n) is 7.47. The lowest BCUT2D eigenvalue weighted by atomic mass is 10.1. The largest absolute Gasteiger partial charge is 0.352 e. The molecule has 0 radical (unpaired) electrons. The van der Waals surface area contributed by atoms with Gasteiger partial charge in [0, 0.05) is 24.0 Å². The molecule has 2 amide bonds. The van der Waals surface area contributed by atoms with Crippen LogP contribution in [0.5, 0.6) is 0 Å². The Hall–Kier alpha value is -2.33. The highest BCUT2D eigenvalue weighted by atomic mass is 35.5. The highest BCUT2D eigenvalue weighted by Gasteiger charge is 2.26. The van der Waals surface area contributed by atoms with E-state index >= 15 is 0 Å². The number of hydrogen-bond donors (Lipinski definition) is 1. The van der Waals surface area contributed by atoms with Crippen molar-refractivity contribution >= 4 is 23.4 Å². The Morgan fingerprint density at radius 3 is 2.11 bits per heavy atom. The first-order chi connectivity index (χ1) is 13.3. The summed E-state index contributed by atoms with van der Waals surface area (Å²) in [6, 6.07) is 15.0. The fourth-order valence-electron chi connectivity index (χ4n) is 2.92. The maximum Gasteiger partial charge on any atom is 0.242 e. The molecule has 1 N–H and O–H groups in total. The lowest BCUT2D eigenvalue weighted by molar-refractivity contribution is -0.140. The van der Waals surface area contributed by atoms with Crippen molar-refractivity contribution in [2.45, 2.75) is 59.2 Å². The summed E-state index contributed by atoms with van der Waals surface area (Å²) in [5.74, 6) is -0.186. The summed E-state index contributed by atoms with van der Waals surface area (Å²) < 4.78 is 0. The molecule has 2 rings (SSSR count). The van der Waals surface area contributed by atoms with E-state index in [1.165, 1.54) is 5.56 Å². The van der Waals surface area contributed by atoms with E-state index in [1.54, 1.807) is 24.0 Å². The van der Waals surface area contributed by atoms with Gasteiger partial charge in [0.2, 0.25) is 11.8 Å². The molecule has 0 heterocycles. The zero-order valence-electron chi connectivity index (χ0n) is 17.0. The average Bonchev–Trinajstić information content (AvgIpc) is 2.65. The maximum atomic E-state index is 13.0. The summed E-state index contributed by atoms with van der Waals surface area (Å²) in [6.45, 7) is 8.01. The number of rotatable bonds is 8. The molecular formula is C23H29ClN2O2. The Kier molecular flexibility index (Phi) is 8.06. The molecule has 0 saturated heterocycles. The topological polar surface area (TPSA) is 49.4 Å². The van der Waals surface area contributed by atoms with E-state index in [9.17, 15) is 9.59 Å². The smallest absolute Gasteiger partial charge is 0.242 e. The van der Waals surface area contributed by atoms with E-state index in [-0.39, 0.29) is 17.9 Å². The van der Waals surface area contributed by atoms with Gasteiger partial charge in [-0.2, -0.15) is 0 Å². The van der Waals surface area contributed by atoms with Gasteiger partial charge in [-0.3, -0.25) is 9.59 Å². The van der Waals surface area contributed by atoms with Crippen LogP contribution in [0, 0.1) is 6.92 Å². The van der Waals surface area contributed by atoms with Crippen molar-refractivity contribution in [2.75, 3.05) is 0 Å². The molecule has 0 aromatic heterocycles. The summed E-state index contributed by atoms with van der Waals surface area (Å²) in [4.78, 5) is 27.2. The van der Waals surface area contributed by atoms with Crippen LogP contribution >= 0.6 is 11.6 Å². The minimum Gasteiger partial charge on any atom is -0.352 e. The molecule has 4 nitrogen and oxygen atoms in total. The monoisotopic (exact) mass is 400 g/mol. The van der Waals surface area contributed by atoms with Gasteiger partial charge in [0.15, 0.2) is 0 Å². The van der Waals surface area contributed by atoms with Crippen LogP contribution in [0.1, 0.15) is 43.9 Å². The number of nitrogens with one attached hydrogen (secondary N) is 1. The zero-order chi connectivity index (χ0) is 20.7. The zero-order valence-corrected chi connectivity index (χ0v) is 17.8. The van der Waals surface area contributed by atoms with Gasteiger partial charge in [-0.25, -0.2) is 0 Å². The van der Waals surface area contributed by atoms with Crippen LogP contribution < -0.4 is 5.32 Å². The lowest BCUT2D eigenvalue weighted by Gasteiger charge is -2.29. The molecule has 1 atom stereocenters. The summed E-state index contributed by atoms with van der Waals surface area (Å²) in [5, 5.41) is 3.54. The van der Waals surface area contributed by atoms with Gasteiger partial charge >= 0.3 is 0 Å². The van der Waals surface area contributed by atoms with E-state index in [4.69, 9.17) is 11.6 Å². The number of carbonyl (C=O) groups is 2. The van der Waals surface area contributed by atoms with E-state index in [0.29, 0.717) is 24.4 Å². The lowest BCUT2D eigenvalue weighted by Crippen LogP contribution is -2.49. The highest BCUT2D eigenvalue weighted by Crippen LogP contribution is 2.16. The molecule has 0 saturated carbocycles. The predicted octanol–water partition coefficient (Wildman–Crippen LogP) is 4.52. The molecule has 28 heavy (non-hydrogen) atoms. The first-order valence-corrected chi connectivity index (χ1v) is 10.0. The van der Waals surface area contributed by atoms with Crippen molar-refractivity contribution in [3.05, 3.63) is 70.2 Å². The third-order valence-corrected chi connectivity index (χ3v) is 4.86. The number of nitrogens with zero attached hydrogens (tertiary/aromatic N) is 1. The summed E-state index contributed by atoms with van der Waals surface area (Å²) in [6.07, 6.45) is 1.00. The van der Waals surface area contributed by atoms with Crippen molar-refractivity contribution in [3.8, 4) is 0 Å². The number of benzene rings is 2. The van der Waals surface area contributed by atoms with Crippen LogP contribution in [-0.4, -0.2) is 28.8 Å². The third kappa shape index (κ3) is 6.68. The normalized spacial score (nSPS) is 11.9. The maximum absolute atomic E-state index is 13.0. The van der Waals surface area contributed by atoms with Crippen LogP contribution in [0.4, 0.5) is 0 Å². The summed E-state index contributed by atoms with van der Waals surface area (Å²) >= 11 is 5.97. The van der Waals surface area contributed by atoms with E-state index in [0.717, 1.165) is 11.1 Å². The van der Waals surface area contributed by atoms with Crippen molar-refractivity contribution in [1.29, 1.82) is 0 Å². The number of halogens is 1. The van der Waals surface area contributed by atoms with Crippen molar-refractivity contribution < 1.29 is 9.59 Å². The summed E-state index contributed by atoms with van der Waals surface area (Å²) in [5.41, 5.74) is 3.25. The standard InChI is InChI=1S/C23H29ClN2O2/c1-16(2)25-23(28)18(4)26(15-20-9-12-21(24)13-10-20)22(27)14-11-19-7-5-17(3)6-8-19/h5-10,12-13,16,18H,11,14-15H2,1-4H3,(H,25,28)/t18-/m1/s1. The van der Waals surface area contributed by atoms with Gasteiger partial charge in [0.25, 0.3) is 0 Å². The quantitative estimate of drug-likeness (QED) is 0.708. The fraction of sp³-hybridized carbons (Fsp3) is 0.391. The van der Waals surface area contributed by atoms with Crippen LogP contribution in [0.3, 0.4) is 0 Å². The van der Waals surface area contributed by atoms with Crippen molar-refractivity contribution in [1.82, 2.24) is 10.2 Å². The minimum absolute atomic E-state index is 0.0231. The highest BCUT2D eigenvalue weighted by molar-refractivity contribution is 6.30. The molecule has 150 valence electrons. The van der Waals surface area contributed by atoms with Gasteiger partial charge in [0.1, 0.15) is 6.04 Å². The molecule has 0 aliphatic rings. The van der Waals surface area contributed by atoms with Crippen LogP contribution in [0.2, 0.25) is 5.02 Å². The van der Waals surface area contributed by atoms with E-state index in [1.807, 2.05) is 57.2 Å². The average molecular weight is 401 g/mol. The number of amides is 2. The Balaban J connectivity index is 2.12. The van der Waals surface area contributed by atoms with E-state index < -0.39 is 6.04 Å². The molecule has 0 aliphatic heterocycles. The number of carbonyl (C=O) groups excluding carboxylic acids is 2. The molecular weight excluding hydrogens is 372 g/mol.